The van der Waals surface area contributed by atoms with Crippen molar-refractivity contribution in [1.29, 1.82) is 0 Å². The molecular weight excluding hydrogens is 214 g/mol. The predicted molar refractivity (Wildman–Crippen MR) is 65.4 cm³/mol. The summed E-state index contributed by atoms with van der Waals surface area (Å²) in [5, 5.41) is 10.0. The molecule has 2 saturated carbocycles. The second-order valence-electron chi connectivity index (χ2n) is 6.03. The van der Waals surface area contributed by atoms with Gasteiger partial charge in [0.05, 0.1) is 6.10 Å². The Hall–Kier alpha value is -0.570. The maximum Gasteiger partial charge on any atom is 0.225 e. The summed E-state index contributed by atoms with van der Waals surface area (Å²) in [7, 11) is 0. The molecule has 0 spiro atoms. The summed E-state index contributed by atoms with van der Waals surface area (Å²) in [5.74, 6) is 1.06. The number of carbonyl (C=O) groups excluding carboxylic acids is 1. The normalized spacial score (nSPS) is 38.4. The Balaban J connectivity index is 1.68. The Morgan fingerprint density at radius 3 is 2.35 bits per heavy atom. The summed E-state index contributed by atoms with van der Waals surface area (Å²) < 4.78 is 0. The highest BCUT2D eigenvalue weighted by atomic mass is 16.3. The lowest BCUT2D eigenvalue weighted by Gasteiger charge is -2.36. The first kappa shape index (κ1) is 11.5. The van der Waals surface area contributed by atoms with E-state index in [-0.39, 0.29) is 6.10 Å². The van der Waals surface area contributed by atoms with Crippen LogP contribution in [0.3, 0.4) is 0 Å². The van der Waals surface area contributed by atoms with Gasteiger partial charge in [0.1, 0.15) is 0 Å². The number of likely N-dealkylation sites (tertiary alicyclic amines) is 1. The molecule has 96 valence electrons. The Morgan fingerprint density at radius 1 is 1.00 bits per heavy atom. The van der Waals surface area contributed by atoms with Gasteiger partial charge in [0.15, 0.2) is 0 Å². The molecule has 0 aromatic rings. The molecule has 1 N–H and O–H groups in total. The van der Waals surface area contributed by atoms with Crippen molar-refractivity contribution in [2.24, 2.45) is 11.8 Å². The van der Waals surface area contributed by atoms with Crippen molar-refractivity contribution >= 4 is 5.91 Å². The van der Waals surface area contributed by atoms with Crippen LogP contribution in [0.25, 0.3) is 0 Å². The fraction of sp³-hybridized carbons (Fsp3) is 0.929. The van der Waals surface area contributed by atoms with E-state index in [2.05, 4.69) is 4.90 Å². The van der Waals surface area contributed by atoms with Gasteiger partial charge in [-0.2, -0.15) is 0 Å². The molecule has 3 aliphatic rings. The number of aliphatic hydroxyl groups is 1. The van der Waals surface area contributed by atoms with Gasteiger partial charge in [-0.15, -0.1) is 0 Å². The molecule has 17 heavy (non-hydrogen) atoms. The first-order valence-corrected chi connectivity index (χ1v) is 7.26. The van der Waals surface area contributed by atoms with E-state index in [1.165, 1.54) is 6.42 Å². The third-order valence-electron chi connectivity index (χ3n) is 5.06. The van der Waals surface area contributed by atoms with Gasteiger partial charge in [-0.25, -0.2) is 0 Å². The molecule has 0 radical (unpaired) electrons. The number of carbonyl (C=O) groups is 1. The lowest BCUT2D eigenvalue weighted by atomic mass is 9.83. The first-order chi connectivity index (χ1) is 8.27. The van der Waals surface area contributed by atoms with Crippen LogP contribution in [0.5, 0.6) is 0 Å². The maximum atomic E-state index is 12.3. The average molecular weight is 237 g/mol. The minimum absolute atomic E-state index is 0.158. The average Bonchev–Trinajstić information content (AvgIpc) is 2.82. The van der Waals surface area contributed by atoms with Gasteiger partial charge in [-0.05, 0) is 38.5 Å². The summed E-state index contributed by atoms with van der Waals surface area (Å²) in [6.07, 6.45) is 8.67. The summed E-state index contributed by atoms with van der Waals surface area (Å²) >= 11 is 0. The first-order valence-electron chi connectivity index (χ1n) is 7.26. The van der Waals surface area contributed by atoms with Crippen molar-refractivity contribution in [1.82, 2.24) is 4.90 Å². The molecule has 1 aliphatic heterocycles. The molecule has 3 nitrogen and oxygen atoms in total. The molecule has 3 rings (SSSR count). The van der Waals surface area contributed by atoms with E-state index in [0.29, 0.717) is 23.8 Å². The highest BCUT2D eigenvalue weighted by molar-refractivity contribution is 5.80. The van der Waals surface area contributed by atoms with Crippen LogP contribution < -0.4 is 0 Å². The van der Waals surface area contributed by atoms with Crippen molar-refractivity contribution in [2.75, 3.05) is 6.54 Å². The van der Waals surface area contributed by atoms with Crippen LogP contribution in [0.1, 0.15) is 51.4 Å². The van der Waals surface area contributed by atoms with Gasteiger partial charge >= 0.3 is 0 Å². The van der Waals surface area contributed by atoms with E-state index in [1.54, 1.807) is 0 Å². The number of amides is 1. The molecule has 0 bridgehead atoms. The van der Waals surface area contributed by atoms with E-state index < -0.39 is 0 Å². The SMILES string of the molecule is O=C(C1CCC1)N1CCCC1C1CCCC1O. The molecule has 1 amide bonds. The van der Waals surface area contributed by atoms with Crippen LogP contribution in [0.4, 0.5) is 0 Å². The Labute approximate surface area is 103 Å². The van der Waals surface area contributed by atoms with E-state index in [1.807, 2.05) is 0 Å². The number of rotatable bonds is 2. The Bertz CT molecular complexity index is 301. The smallest absolute Gasteiger partial charge is 0.225 e. The molecule has 1 saturated heterocycles. The van der Waals surface area contributed by atoms with Crippen LogP contribution in [-0.4, -0.2) is 34.6 Å². The van der Waals surface area contributed by atoms with Crippen LogP contribution in [-0.2, 0) is 4.79 Å². The largest absolute Gasteiger partial charge is 0.393 e. The second kappa shape index (κ2) is 4.60. The number of nitrogens with zero attached hydrogens (tertiary/aromatic N) is 1. The van der Waals surface area contributed by atoms with Crippen LogP contribution in [0, 0.1) is 11.8 Å². The van der Waals surface area contributed by atoms with E-state index >= 15 is 0 Å². The second-order valence-corrected chi connectivity index (χ2v) is 6.03. The molecule has 2 aliphatic carbocycles. The monoisotopic (exact) mass is 237 g/mol. The fourth-order valence-electron chi connectivity index (χ4n) is 3.82. The summed E-state index contributed by atoms with van der Waals surface area (Å²) in [6.45, 7) is 0.934. The molecule has 3 unspecified atom stereocenters. The highest BCUT2D eigenvalue weighted by Gasteiger charge is 2.42. The van der Waals surface area contributed by atoms with E-state index in [4.69, 9.17) is 0 Å². The van der Waals surface area contributed by atoms with Gasteiger partial charge in [0, 0.05) is 24.4 Å². The predicted octanol–water partition coefficient (Wildman–Crippen LogP) is 1.94. The Kier molecular flexibility index (Phi) is 3.12. The zero-order chi connectivity index (χ0) is 11.8. The Morgan fingerprint density at radius 2 is 1.76 bits per heavy atom. The molecule has 3 fully saturated rings. The lowest BCUT2D eigenvalue weighted by Crippen LogP contribution is -2.46. The van der Waals surface area contributed by atoms with Gasteiger partial charge < -0.3 is 10.0 Å². The molecule has 3 atom stereocenters. The number of hydrogen-bond donors (Lipinski definition) is 1. The zero-order valence-corrected chi connectivity index (χ0v) is 10.5. The fourth-order valence-corrected chi connectivity index (χ4v) is 3.82. The topological polar surface area (TPSA) is 40.5 Å². The van der Waals surface area contributed by atoms with Crippen LogP contribution >= 0.6 is 0 Å². The van der Waals surface area contributed by atoms with Gasteiger partial charge in [0.25, 0.3) is 0 Å². The lowest BCUT2D eigenvalue weighted by molar-refractivity contribution is -0.140. The van der Waals surface area contributed by atoms with Crippen molar-refractivity contribution in [3.63, 3.8) is 0 Å². The molecule has 3 heteroatoms. The number of aliphatic hydroxyl groups excluding tert-OH is 1. The quantitative estimate of drug-likeness (QED) is 0.797. The molecule has 0 aromatic heterocycles. The summed E-state index contributed by atoms with van der Waals surface area (Å²) in [5.41, 5.74) is 0. The van der Waals surface area contributed by atoms with Crippen LogP contribution in [0.2, 0.25) is 0 Å². The van der Waals surface area contributed by atoms with Gasteiger partial charge in [-0.3, -0.25) is 4.79 Å². The summed E-state index contributed by atoms with van der Waals surface area (Å²) in [6, 6.07) is 0.348. The minimum Gasteiger partial charge on any atom is -0.393 e. The standard InChI is InChI=1S/C14H23NO2/c16-13-8-2-6-11(13)12-7-3-9-15(12)14(17)10-4-1-5-10/h10-13,16H,1-9H2. The van der Waals surface area contributed by atoms with Crippen molar-refractivity contribution < 1.29 is 9.90 Å². The van der Waals surface area contributed by atoms with E-state index in [0.717, 1.165) is 51.5 Å². The minimum atomic E-state index is -0.158. The number of hydrogen-bond acceptors (Lipinski definition) is 2. The van der Waals surface area contributed by atoms with Gasteiger partial charge in [-0.1, -0.05) is 12.8 Å². The third-order valence-corrected chi connectivity index (χ3v) is 5.06. The maximum absolute atomic E-state index is 12.3. The van der Waals surface area contributed by atoms with Crippen molar-refractivity contribution in [2.45, 2.75) is 63.5 Å². The van der Waals surface area contributed by atoms with Crippen LogP contribution in [0.15, 0.2) is 0 Å². The molecule has 1 heterocycles. The van der Waals surface area contributed by atoms with E-state index in [9.17, 15) is 9.90 Å². The molecule has 0 aromatic carbocycles. The zero-order valence-electron chi connectivity index (χ0n) is 10.5. The molecular formula is C14H23NO2. The van der Waals surface area contributed by atoms with Crippen molar-refractivity contribution in [3.05, 3.63) is 0 Å². The van der Waals surface area contributed by atoms with Crippen molar-refractivity contribution in [3.8, 4) is 0 Å². The van der Waals surface area contributed by atoms with Gasteiger partial charge in [0.2, 0.25) is 5.91 Å². The summed E-state index contributed by atoms with van der Waals surface area (Å²) in [4.78, 5) is 14.5. The highest BCUT2D eigenvalue weighted by Crippen LogP contribution is 2.38. The third kappa shape index (κ3) is 1.99.